The van der Waals surface area contributed by atoms with Crippen LogP contribution in [0.15, 0.2) is 24.3 Å². The fraction of sp³-hybridized carbons (Fsp3) is 0.273. The number of rotatable bonds is 3. The molecule has 0 spiro atoms. The summed E-state index contributed by atoms with van der Waals surface area (Å²) in [5.74, 6) is -1.69. The first kappa shape index (κ1) is 14.9. The molecule has 0 aliphatic heterocycles. The number of phenols is 1. The minimum absolute atomic E-state index is 0.160. The number of carboxylic acid groups (broad SMARTS) is 2. The number of hydrogen-bond donors (Lipinski definition) is 4. The molecule has 6 nitrogen and oxygen atoms in total. The Labute approximate surface area is 98.3 Å². The third kappa shape index (κ3) is 7.80. The van der Waals surface area contributed by atoms with Gasteiger partial charge in [0.15, 0.2) is 0 Å². The van der Waals surface area contributed by atoms with Gasteiger partial charge in [-0.3, -0.25) is 9.59 Å². The molecule has 1 aromatic carbocycles. The molecule has 0 bridgehead atoms. The van der Waals surface area contributed by atoms with Gasteiger partial charge in [-0.2, -0.15) is 0 Å². The van der Waals surface area contributed by atoms with Crippen molar-refractivity contribution in [2.45, 2.75) is 19.4 Å². The summed E-state index contributed by atoms with van der Waals surface area (Å²) in [6.45, 7) is 1.08. The molecule has 0 aliphatic rings. The number of benzene rings is 1. The molecule has 0 radical (unpaired) electrons. The Hall–Kier alpha value is -2.08. The van der Waals surface area contributed by atoms with Crippen molar-refractivity contribution in [1.82, 2.24) is 0 Å². The zero-order chi connectivity index (χ0) is 13.4. The molecular formula is C11H15NO5. The predicted molar refractivity (Wildman–Crippen MR) is 60.7 cm³/mol. The second-order valence-corrected chi connectivity index (χ2v) is 3.33. The third-order valence-electron chi connectivity index (χ3n) is 1.71. The SMILES string of the molecule is CC(=O)O.N[C@@H](Cc1ccc(O)cc1)C(=O)O. The summed E-state index contributed by atoms with van der Waals surface area (Å²) in [6.07, 6.45) is 0.273. The van der Waals surface area contributed by atoms with Gasteiger partial charge in [0.25, 0.3) is 5.97 Å². The highest BCUT2D eigenvalue weighted by Gasteiger charge is 2.11. The molecule has 0 fully saturated rings. The van der Waals surface area contributed by atoms with Crippen molar-refractivity contribution in [2.24, 2.45) is 5.73 Å². The van der Waals surface area contributed by atoms with Crippen molar-refractivity contribution in [3.63, 3.8) is 0 Å². The zero-order valence-corrected chi connectivity index (χ0v) is 9.33. The van der Waals surface area contributed by atoms with E-state index in [1.165, 1.54) is 12.1 Å². The van der Waals surface area contributed by atoms with E-state index in [0.29, 0.717) is 0 Å². The maximum absolute atomic E-state index is 10.4. The number of carbonyl (C=O) groups is 2. The molecule has 94 valence electrons. The predicted octanol–water partition coefficient (Wildman–Crippen LogP) is 0.437. The summed E-state index contributed by atoms with van der Waals surface area (Å²) in [7, 11) is 0. The van der Waals surface area contributed by atoms with Gasteiger partial charge < -0.3 is 21.1 Å². The number of aliphatic carboxylic acids is 2. The van der Waals surface area contributed by atoms with E-state index in [1.807, 2.05) is 0 Å². The lowest BCUT2D eigenvalue weighted by atomic mass is 10.1. The van der Waals surface area contributed by atoms with Gasteiger partial charge >= 0.3 is 5.97 Å². The van der Waals surface area contributed by atoms with Crippen LogP contribution >= 0.6 is 0 Å². The number of phenolic OH excluding ortho intramolecular Hbond substituents is 1. The lowest BCUT2D eigenvalue weighted by Gasteiger charge is -2.05. The van der Waals surface area contributed by atoms with E-state index in [2.05, 4.69) is 0 Å². The summed E-state index contributed by atoms with van der Waals surface area (Å²) in [6, 6.07) is 5.42. The van der Waals surface area contributed by atoms with Gasteiger partial charge in [-0.05, 0) is 24.1 Å². The van der Waals surface area contributed by atoms with Crippen LogP contribution in [0.2, 0.25) is 0 Å². The maximum Gasteiger partial charge on any atom is 0.320 e. The van der Waals surface area contributed by atoms with Gasteiger partial charge in [-0.1, -0.05) is 12.1 Å². The molecular weight excluding hydrogens is 226 g/mol. The van der Waals surface area contributed by atoms with Crippen molar-refractivity contribution in [2.75, 3.05) is 0 Å². The largest absolute Gasteiger partial charge is 0.508 e. The van der Waals surface area contributed by atoms with Crippen molar-refractivity contribution in [3.8, 4) is 5.75 Å². The minimum atomic E-state index is -1.02. The normalized spacial score (nSPS) is 10.9. The first-order valence-corrected chi connectivity index (χ1v) is 4.78. The monoisotopic (exact) mass is 241 g/mol. The van der Waals surface area contributed by atoms with E-state index in [-0.39, 0.29) is 12.2 Å². The highest BCUT2D eigenvalue weighted by molar-refractivity contribution is 5.73. The maximum atomic E-state index is 10.4. The van der Waals surface area contributed by atoms with Crippen LogP contribution in [0.5, 0.6) is 5.75 Å². The Morgan fingerprint density at radius 3 is 2.00 bits per heavy atom. The van der Waals surface area contributed by atoms with Gasteiger partial charge in [-0.15, -0.1) is 0 Å². The molecule has 6 heteroatoms. The Morgan fingerprint density at radius 2 is 1.65 bits per heavy atom. The molecule has 0 unspecified atom stereocenters. The quantitative estimate of drug-likeness (QED) is 0.609. The van der Waals surface area contributed by atoms with Crippen molar-refractivity contribution >= 4 is 11.9 Å². The second-order valence-electron chi connectivity index (χ2n) is 3.33. The van der Waals surface area contributed by atoms with Crippen LogP contribution in [-0.2, 0) is 16.0 Å². The summed E-state index contributed by atoms with van der Waals surface area (Å²) in [5.41, 5.74) is 6.12. The topological polar surface area (TPSA) is 121 Å². The van der Waals surface area contributed by atoms with Crippen molar-refractivity contribution in [3.05, 3.63) is 29.8 Å². The lowest BCUT2D eigenvalue weighted by Crippen LogP contribution is -2.32. The van der Waals surface area contributed by atoms with Crippen molar-refractivity contribution in [1.29, 1.82) is 0 Å². The van der Waals surface area contributed by atoms with E-state index in [0.717, 1.165) is 12.5 Å². The Morgan fingerprint density at radius 1 is 1.24 bits per heavy atom. The zero-order valence-electron chi connectivity index (χ0n) is 9.33. The smallest absolute Gasteiger partial charge is 0.320 e. The summed E-state index contributed by atoms with van der Waals surface area (Å²) in [5, 5.41) is 24.9. The van der Waals surface area contributed by atoms with Gasteiger partial charge in [-0.25, -0.2) is 0 Å². The Kier molecular flexibility index (Phi) is 6.35. The van der Waals surface area contributed by atoms with Gasteiger partial charge in [0.1, 0.15) is 11.8 Å². The second kappa shape index (κ2) is 7.24. The summed E-state index contributed by atoms with van der Waals surface area (Å²) >= 11 is 0. The van der Waals surface area contributed by atoms with E-state index in [9.17, 15) is 4.79 Å². The molecule has 0 saturated carbocycles. The first-order chi connectivity index (χ1) is 7.82. The number of nitrogens with two attached hydrogens (primary N) is 1. The van der Waals surface area contributed by atoms with Crippen LogP contribution < -0.4 is 5.73 Å². The number of aromatic hydroxyl groups is 1. The van der Waals surface area contributed by atoms with Crippen molar-refractivity contribution < 1.29 is 24.9 Å². The van der Waals surface area contributed by atoms with Crippen LogP contribution in [0.3, 0.4) is 0 Å². The summed E-state index contributed by atoms with van der Waals surface area (Å²) < 4.78 is 0. The van der Waals surface area contributed by atoms with E-state index >= 15 is 0 Å². The van der Waals surface area contributed by atoms with Crippen LogP contribution in [0.4, 0.5) is 0 Å². The minimum Gasteiger partial charge on any atom is -0.508 e. The highest BCUT2D eigenvalue weighted by Crippen LogP contribution is 2.10. The molecule has 1 atom stereocenters. The summed E-state index contributed by atoms with van der Waals surface area (Å²) in [4.78, 5) is 19.4. The lowest BCUT2D eigenvalue weighted by molar-refractivity contribution is -0.138. The molecule has 5 N–H and O–H groups in total. The molecule has 0 saturated heterocycles. The van der Waals surface area contributed by atoms with E-state index in [4.69, 9.17) is 25.8 Å². The van der Waals surface area contributed by atoms with E-state index < -0.39 is 18.0 Å². The fourth-order valence-electron chi connectivity index (χ4n) is 0.973. The number of carboxylic acids is 2. The number of hydrogen-bond acceptors (Lipinski definition) is 4. The van der Waals surface area contributed by atoms with Crippen LogP contribution in [0.25, 0.3) is 0 Å². The molecule has 17 heavy (non-hydrogen) atoms. The van der Waals surface area contributed by atoms with Crippen LogP contribution in [0, 0.1) is 0 Å². The Balaban J connectivity index is 0.000000557. The van der Waals surface area contributed by atoms with Gasteiger partial charge in [0, 0.05) is 6.92 Å². The molecule has 0 amide bonds. The Bertz CT molecular complexity index is 370. The standard InChI is InChI=1S/C9H11NO3.C2H4O2/c10-8(9(12)13)5-6-1-3-7(11)4-2-6;1-2(3)4/h1-4,8,11H,5,10H2,(H,12,13);1H3,(H,3,4)/t8-;/m0./s1. The van der Waals surface area contributed by atoms with E-state index in [1.54, 1.807) is 12.1 Å². The van der Waals surface area contributed by atoms with Crippen LogP contribution in [-0.4, -0.2) is 33.3 Å². The van der Waals surface area contributed by atoms with Gasteiger partial charge in [0.05, 0.1) is 0 Å². The molecule has 1 aromatic rings. The first-order valence-electron chi connectivity index (χ1n) is 4.78. The average Bonchev–Trinajstić information content (AvgIpc) is 2.20. The van der Waals surface area contributed by atoms with Gasteiger partial charge in [0.2, 0.25) is 0 Å². The molecule has 1 rings (SSSR count). The molecule has 0 aliphatic carbocycles. The fourth-order valence-corrected chi connectivity index (χ4v) is 0.973. The third-order valence-corrected chi connectivity index (χ3v) is 1.71. The molecule has 0 heterocycles. The van der Waals surface area contributed by atoms with Crippen LogP contribution in [0.1, 0.15) is 12.5 Å². The highest BCUT2D eigenvalue weighted by atomic mass is 16.4. The average molecular weight is 241 g/mol. The molecule has 0 aromatic heterocycles.